The number of alkyl carbamates (subject to hydrolysis) is 1. The molecular weight excluding hydrogens is 671 g/mol. The predicted molar refractivity (Wildman–Crippen MR) is 208 cm³/mol. The van der Waals surface area contributed by atoms with Gasteiger partial charge in [-0.3, -0.25) is 14.4 Å². The Morgan fingerprint density at radius 3 is 2.31 bits per heavy atom. The molecule has 5 aliphatic rings. The van der Waals surface area contributed by atoms with Gasteiger partial charge in [0.05, 0.1) is 18.8 Å². The minimum Gasteiger partial charge on any atom is -0.496 e. The van der Waals surface area contributed by atoms with Crippen LogP contribution in [-0.2, 0) is 20.5 Å². The summed E-state index contributed by atoms with van der Waals surface area (Å²) >= 11 is 1.94. The summed E-state index contributed by atoms with van der Waals surface area (Å²) in [5.41, 5.74) is 4.77. The molecule has 2 bridgehead atoms. The summed E-state index contributed by atoms with van der Waals surface area (Å²) in [5, 5.41) is 7.72. The number of benzene rings is 1. The number of aromatic nitrogens is 3. The Hall–Kier alpha value is -3.53. The summed E-state index contributed by atoms with van der Waals surface area (Å²) in [7, 11) is 1.74. The second-order valence-corrected chi connectivity index (χ2v) is 18.3. The fourth-order valence-electron chi connectivity index (χ4n) is 9.18. The maximum atomic E-state index is 14.7. The van der Waals surface area contributed by atoms with Gasteiger partial charge in [0.25, 0.3) is 0 Å². The topological polar surface area (TPSA) is 98.6 Å². The van der Waals surface area contributed by atoms with Crippen LogP contribution in [0.2, 0.25) is 0 Å². The van der Waals surface area contributed by atoms with Gasteiger partial charge >= 0.3 is 6.09 Å². The first-order valence-electron chi connectivity index (χ1n) is 19.5. The van der Waals surface area contributed by atoms with Crippen molar-refractivity contribution in [3.63, 3.8) is 0 Å². The van der Waals surface area contributed by atoms with Crippen molar-refractivity contribution >= 4 is 29.6 Å². The van der Waals surface area contributed by atoms with Gasteiger partial charge in [-0.2, -0.15) is 16.9 Å². The Bertz CT molecular complexity index is 1710. The van der Waals surface area contributed by atoms with Crippen molar-refractivity contribution in [3.05, 3.63) is 60.0 Å². The van der Waals surface area contributed by atoms with Crippen molar-refractivity contribution in [3.8, 4) is 16.9 Å². The van der Waals surface area contributed by atoms with Gasteiger partial charge in [-0.1, -0.05) is 12.1 Å². The normalized spacial score (nSPS) is 26.5. The first-order valence-corrected chi connectivity index (χ1v) is 20.6. The van der Waals surface area contributed by atoms with Gasteiger partial charge < -0.3 is 14.8 Å². The lowest BCUT2D eigenvalue weighted by molar-refractivity contribution is -0.124. The van der Waals surface area contributed by atoms with Gasteiger partial charge in [-0.25, -0.2) is 9.78 Å². The van der Waals surface area contributed by atoms with Crippen LogP contribution in [-0.4, -0.2) is 64.1 Å². The third kappa shape index (κ3) is 7.87. The number of hydrogen-bond donors (Lipinski definition) is 1. The Labute approximate surface area is 314 Å². The van der Waals surface area contributed by atoms with Crippen LogP contribution in [0, 0.1) is 18.3 Å². The maximum Gasteiger partial charge on any atom is 0.407 e. The van der Waals surface area contributed by atoms with Crippen LogP contribution < -0.4 is 15.0 Å². The van der Waals surface area contributed by atoms with E-state index in [2.05, 4.69) is 68.6 Å². The molecule has 8 rings (SSSR count). The zero-order valence-corrected chi connectivity index (χ0v) is 32.6. The Balaban J connectivity index is 1.08. The van der Waals surface area contributed by atoms with Crippen molar-refractivity contribution in [2.75, 3.05) is 30.1 Å². The summed E-state index contributed by atoms with van der Waals surface area (Å²) in [4.78, 5) is 34.3. The molecule has 1 aliphatic heterocycles. The van der Waals surface area contributed by atoms with Crippen LogP contribution in [0.15, 0.2) is 48.9 Å². The molecule has 0 atom stereocenters. The predicted octanol–water partition coefficient (Wildman–Crippen LogP) is 8.82. The third-order valence-corrected chi connectivity index (χ3v) is 13.7. The van der Waals surface area contributed by atoms with E-state index in [1.54, 1.807) is 7.11 Å². The van der Waals surface area contributed by atoms with Gasteiger partial charge in [0.2, 0.25) is 5.91 Å². The Morgan fingerprint density at radius 1 is 0.962 bits per heavy atom. The molecule has 1 N–H and O–H groups in total. The number of thioether (sulfide) groups is 1. The molecule has 2 aromatic heterocycles. The van der Waals surface area contributed by atoms with E-state index < -0.39 is 0 Å². The molecular formula is C42H57N5O4S. The lowest BCUT2D eigenvalue weighted by atomic mass is 9.51. The lowest BCUT2D eigenvalue weighted by Crippen LogP contribution is -2.52. The molecule has 280 valence electrons. The molecule has 0 radical (unpaired) electrons. The van der Waals surface area contributed by atoms with E-state index in [1.807, 2.05) is 39.8 Å². The van der Waals surface area contributed by atoms with Crippen molar-refractivity contribution in [1.29, 1.82) is 0 Å². The quantitative estimate of drug-likeness (QED) is 0.235. The highest BCUT2D eigenvalue weighted by atomic mass is 32.2. The number of fused-ring (bicyclic) bond motifs is 3. The second-order valence-electron chi connectivity index (χ2n) is 17.0. The van der Waals surface area contributed by atoms with Crippen LogP contribution >= 0.6 is 11.8 Å². The summed E-state index contributed by atoms with van der Waals surface area (Å²) in [5.74, 6) is 3.85. The van der Waals surface area contributed by atoms with Gasteiger partial charge in [0.15, 0.2) is 0 Å². The summed E-state index contributed by atoms with van der Waals surface area (Å²) in [6.07, 6.45) is 16.8. The van der Waals surface area contributed by atoms with E-state index in [4.69, 9.17) is 14.5 Å². The second kappa shape index (κ2) is 15.1. The fourth-order valence-corrected chi connectivity index (χ4v) is 10.3. The van der Waals surface area contributed by atoms with Crippen LogP contribution in [0.25, 0.3) is 11.1 Å². The van der Waals surface area contributed by atoms with Crippen LogP contribution in [0.3, 0.4) is 0 Å². The Morgan fingerprint density at radius 2 is 1.67 bits per heavy atom. The number of nitrogens with one attached hydrogen (secondary N) is 1. The largest absolute Gasteiger partial charge is 0.496 e. The average Bonchev–Trinajstić information content (AvgIpc) is 3.67. The van der Waals surface area contributed by atoms with E-state index in [-0.39, 0.29) is 46.4 Å². The molecule has 1 aromatic carbocycles. The number of anilines is 1. The lowest BCUT2D eigenvalue weighted by Gasteiger charge is -2.55. The van der Waals surface area contributed by atoms with Crippen molar-refractivity contribution in [2.24, 2.45) is 11.3 Å². The summed E-state index contributed by atoms with van der Waals surface area (Å²) < 4.78 is 13.4. The Kier molecular flexibility index (Phi) is 10.7. The molecule has 0 unspecified atom stereocenters. The molecule has 0 spiro atoms. The maximum absolute atomic E-state index is 14.7. The number of ether oxygens (including phenoxy) is 2. The summed E-state index contributed by atoms with van der Waals surface area (Å²) in [6, 6.07) is 11.0. The van der Waals surface area contributed by atoms with Gasteiger partial charge in [-0.15, -0.1) is 0 Å². The highest BCUT2D eigenvalue weighted by molar-refractivity contribution is 7.99. The SMILES string of the molecule is COc1ccc(C23CCC(CN(c4cc(-c5cnn(C(C)(C)C)c5)ccn4)C(=O)[C@H]4CC[C@H](OC(=O)NC5CCSCC5)CC4)(CC2)CC3)cc1C. The first kappa shape index (κ1) is 36.8. The van der Waals surface area contributed by atoms with Crippen LogP contribution in [0.1, 0.15) is 109 Å². The molecule has 3 heterocycles. The molecule has 52 heavy (non-hydrogen) atoms. The number of rotatable bonds is 9. The van der Waals surface area contributed by atoms with E-state index in [0.717, 1.165) is 85.6 Å². The molecule has 2 amide bonds. The molecule has 10 heteroatoms. The molecule has 5 fully saturated rings. The standard InChI is InChI=1S/C42H57N5O4S/c1-29-24-33(8-11-36(29)50-5)42-18-15-41(16-19-42,17-20-42)28-46(37-25-31(12-21-43-37)32-26-44-47(27-32)40(2,3)4)38(48)30-6-9-35(10-7-30)51-39(49)45-34-13-22-52-23-14-34/h8,11-12,21,24-27,30,34-35H,6-7,9-10,13-20,22-23,28H2,1-5H3,(H,45,49)/t30-,35-,41?,42?. The first-order chi connectivity index (χ1) is 25.0. The van der Waals surface area contributed by atoms with E-state index in [1.165, 1.54) is 11.1 Å². The van der Waals surface area contributed by atoms with E-state index in [9.17, 15) is 9.59 Å². The highest BCUT2D eigenvalue weighted by Gasteiger charge is 2.51. The van der Waals surface area contributed by atoms with E-state index >= 15 is 0 Å². The number of pyridine rings is 1. The average molecular weight is 728 g/mol. The number of aryl methyl sites for hydroxylation is 1. The number of hydrogen-bond acceptors (Lipinski definition) is 7. The number of carbonyl (C=O) groups excluding carboxylic acids is 2. The monoisotopic (exact) mass is 727 g/mol. The zero-order chi connectivity index (χ0) is 36.5. The van der Waals surface area contributed by atoms with Gasteiger partial charge in [-0.05, 0) is 162 Å². The number of nitrogens with zero attached hydrogens (tertiary/aromatic N) is 4. The van der Waals surface area contributed by atoms with E-state index in [0.29, 0.717) is 32.2 Å². The van der Waals surface area contributed by atoms with Crippen LogP contribution in [0.5, 0.6) is 5.75 Å². The molecule has 4 saturated carbocycles. The summed E-state index contributed by atoms with van der Waals surface area (Å²) in [6.45, 7) is 9.24. The number of amides is 2. The minimum absolute atomic E-state index is 0.0593. The minimum atomic E-state index is -0.307. The third-order valence-electron chi connectivity index (χ3n) is 12.6. The smallest absolute Gasteiger partial charge is 0.407 e. The molecule has 9 nitrogen and oxygen atoms in total. The molecule has 4 aliphatic carbocycles. The number of methoxy groups -OCH3 is 1. The number of carbonyl (C=O) groups is 2. The van der Waals surface area contributed by atoms with Crippen molar-refractivity contribution in [2.45, 2.75) is 128 Å². The van der Waals surface area contributed by atoms with Gasteiger partial charge in [0.1, 0.15) is 17.7 Å². The van der Waals surface area contributed by atoms with Crippen molar-refractivity contribution < 1.29 is 19.1 Å². The molecule has 1 saturated heterocycles. The zero-order valence-electron chi connectivity index (χ0n) is 31.8. The molecule has 3 aromatic rings. The van der Waals surface area contributed by atoms with Crippen molar-refractivity contribution in [1.82, 2.24) is 20.1 Å². The highest BCUT2D eigenvalue weighted by Crippen LogP contribution is 2.58. The van der Waals surface area contributed by atoms with Crippen LogP contribution in [0.4, 0.5) is 10.6 Å². The van der Waals surface area contributed by atoms with Gasteiger partial charge in [0, 0.05) is 36.5 Å². The fraction of sp³-hybridized carbons (Fsp3) is 0.619.